The van der Waals surface area contributed by atoms with E-state index < -0.39 is 0 Å². The maximum Gasteiger partial charge on any atom is 0.134 e. The highest BCUT2D eigenvalue weighted by atomic mass is 35.5. The maximum absolute atomic E-state index is 6.03. The molecule has 3 rings (SSSR count). The Kier molecular flexibility index (Phi) is 3.83. The molecule has 0 fully saturated rings. The molecule has 1 aromatic heterocycles. The lowest BCUT2D eigenvalue weighted by atomic mass is 10.1. The molecule has 0 amide bonds. The molecule has 2 nitrogen and oxygen atoms in total. The van der Waals surface area contributed by atoms with Crippen LogP contribution in [-0.2, 0) is 0 Å². The Morgan fingerprint density at radius 2 is 1.71 bits per heavy atom. The first-order chi connectivity index (χ1) is 10.0. The lowest BCUT2D eigenvalue weighted by Crippen LogP contribution is -2.06. The Hall–Kier alpha value is -1.64. The van der Waals surface area contributed by atoms with Crippen molar-refractivity contribution in [2.45, 2.75) is 19.9 Å². The van der Waals surface area contributed by atoms with E-state index in [2.05, 4.69) is 25.2 Å². The maximum atomic E-state index is 6.03. The van der Waals surface area contributed by atoms with Gasteiger partial charge in [-0.2, -0.15) is 0 Å². The zero-order valence-corrected chi connectivity index (χ0v) is 13.3. The van der Waals surface area contributed by atoms with Gasteiger partial charge in [0.05, 0.1) is 6.04 Å². The van der Waals surface area contributed by atoms with Gasteiger partial charge < -0.3 is 9.73 Å². The summed E-state index contributed by atoms with van der Waals surface area (Å²) in [6.07, 6.45) is 0. The van der Waals surface area contributed by atoms with Gasteiger partial charge in [0.2, 0.25) is 0 Å². The Bertz CT molecular complexity index is 774. The molecule has 1 atom stereocenters. The number of benzene rings is 2. The minimum absolute atomic E-state index is 0.0203. The van der Waals surface area contributed by atoms with Crippen molar-refractivity contribution in [2.75, 3.05) is 5.32 Å². The van der Waals surface area contributed by atoms with Crippen LogP contribution in [0, 0.1) is 6.92 Å². The fraction of sp³-hybridized carbons (Fsp3) is 0.176. The highest BCUT2D eigenvalue weighted by Crippen LogP contribution is 2.32. The van der Waals surface area contributed by atoms with Crippen molar-refractivity contribution in [3.8, 4) is 0 Å². The second kappa shape index (κ2) is 5.63. The zero-order chi connectivity index (χ0) is 15.0. The summed E-state index contributed by atoms with van der Waals surface area (Å²) in [5.74, 6) is 0.923. The molecule has 108 valence electrons. The third-order valence-corrected chi connectivity index (χ3v) is 3.96. The molecular weight excluding hydrogens is 305 g/mol. The van der Waals surface area contributed by atoms with E-state index in [1.54, 1.807) is 6.07 Å². The van der Waals surface area contributed by atoms with E-state index in [9.17, 15) is 0 Å². The number of rotatable bonds is 3. The number of anilines is 1. The zero-order valence-electron chi connectivity index (χ0n) is 11.8. The van der Waals surface area contributed by atoms with E-state index in [0.29, 0.717) is 10.0 Å². The molecular formula is C17H15Cl2NO. The Balaban J connectivity index is 1.93. The van der Waals surface area contributed by atoms with E-state index in [4.69, 9.17) is 27.6 Å². The van der Waals surface area contributed by atoms with E-state index >= 15 is 0 Å². The van der Waals surface area contributed by atoms with Crippen LogP contribution in [0.25, 0.3) is 11.0 Å². The molecule has 0 saturated carbocycles. The average molecular weight is 320 g/mol. The first-order valence-corrected chi connectivity index (χ1v) is 7.51. The van der Waals surface area contributed by atoms with E-state index in [0.717, 1.165) is 28.0 Å². The van der Waals surface area contributed by atoms with Gasteiger partial charge in [-0.3, -0.25) is 0 Å². The van der Waals surface area contributed by atoms with Gasteiger partial charge in [0.25, 0.3) is 0 Å². The van der Waals surface area contributed by atoms with Crippen LogP contribution in [-0.4, -0.2) is 0 Å². The number of aryl methyl sites for hydroxylation is 1. The Morgan fingerprint density at radius 1 is 1.05 bits per heavy atom. The number of halogens is 2. The molecule has 1 N–H and O–H groups in total. The van der Waals surface area contributed by atoms with Gasteiger partial charge in [-0.1, -0.05) is 41.4 Å². The van der Waals surface area contributed by atoms with Crippen molar-refractivity contribution in [1.29, 1.82) is 0 Å². The van der Waals surface area contributed by atoms with Gasteiger partial charge in [0, 0.05) is 26.7 Å². The van der Waals surface area contributed by atoms with Crippen molar-refractivity contribution >= 4 is 39.9 Å². The van der Waals surface area contributed by atoms with Crippen LogP contribution in [0.15, 0.2) is 46.9 Å². The normalized spacial score (nSPS) is 12.6. The van der Waals surface area contributed by atoms with Crippen molar-refractivity contribution in [3.63, 3.8) is 0 Å². The van der Waals surface area contributed by atoms with Crippen molar-refractivity contribution in [1.82, 2.24) is 0 Å². The fourth-order valence-corrected chi connectivity index (χ4v) is 3.09. The molecule has 0 radical (unpaired) electrons. The summed E-state index contributed by atoms with van der Waals surface area (Å²) < 4.78 is 5.96. The summed E-state index contributed by atoms with van der Waals surface area (Å²) in [5.41, 5.74) is 2.93. The molecule has 0 aliphatic heterocycles. The Labute approximate surface area is 133 Å². The summed E-state index contributed by atoms with van der Waals surface area (Å²) in [7, 11) is 0. The van der Waals surface area contributed by atoms with Crippen LogP contribution >= 0.6 is 23.2 Å². The van der Waals surface area contributed by atoms with Crippen LogP contribution in [0.4, 0.5) is 5.69 Å². The third-order valence-electron chi connectivity index (χ3n) is 3.52. The highest BCUT2D eigenvalue weighted by Gasteiger charge is 2.16. The second-order valence-electron chi connectivity index (χ2n) is 5.11. The van der Waals surface area contributed by atoms with Crippen LogP contribution in [0.1, 0.15) is 24.3 Å². The first-order valence-electron chi connectivity index (χ1n) is 6.75. The number of hydrogen-bond acceptors (Lipinski definition) is 2. The molecule has 21 heavy (non-hydrogen) atoms. The molecule has 2 aromatic carbocycles. The minimum Gasteiger partial charge on any atom is -0.459 e. The molecule has 1 unspecified atom stereocenters. The number of hydrogen-bond donors (Lipinski definition) is 1. The standard InChI is InChI=1S/C17H15Cl2NO/c1-10-15-5-3-4-6-16(15)21-17(10)11(2)20-14-8-12(18)7-13(19)9-14/h3-9,11,20H,1-2H3. The summed E-state index contributed by atoms with van der Waals surface area (Å²) in [6, 6.07) is 13.5. The Morgan fingerprint density at radius 3 is 2.38 bits per heavy atom. The van der Waals surface area contributed by atoms with E-state index in [1.165, 1.54) is 0 Å². The SMILES string of the molecule is Cc1c(C(C)Nc2cc(Cl)cc(Cl)c2)oc2ccccc12. The van der Waals surface area contributed by atoms with Crippen LogP contribution in [0.2, 0.25) is 10.0 Å². The quantitative estimate of drug-likeness (QED) is 0.619. The molecule has 0 saturated heterocycles. The monoisotopic (exact) mass is 319 g/mol. The number of furan rings is 1. The third kappa shape index (κ3) is 2.87. The van der Waals surface area contributed by atoms with Crippen LogP contribution < -0.4 is 5.32 Å². The fourth-order valence-electron chi connectivity index (χ4n) is 2.56. The summed E-state index contributed by atoms with van der Waals surface area (Å²) >= 11 is 12.1. The molecule has 4 heteroatoms. The number of nitrogens with one attached hydrogen (secondary N) is 1. The van der Waals surface area contributed by atoms with Crippen molar-refractivity contribution < 1.29 is 4.42 Å². The number of fused-ring (bicyclic) bond motifs is 1. The van der Waals surface area contributed by atoms with Crippen molar-refractivity contribution in [2.24, 2.45) is 0 Å². The molecule has 0 spiro atoms. The second-order valence-corrected chi connectivity index (χ2v) is 5.98. The van der Waals surface area contributed by atoms with Crippen molar-refractivity contribution in [3.05, 3.63) is 63.8 Å². The topological polar surface area (TPSA) is 25.2 Å². The lowest BCUT2D eigenvalue weighted by molar-refractivity contribution is 0.522. The first kappa shape index (κ1) is 14.3. The van der Waals surface area contributed by atoms with Crippen LogP contribution in [0.3, 0.4) is 0 Å². The van der Waals surface area contributed by atoms with Gasteiger partial charge in [-0.05, 0) is 38.1 Å². The van der Waals surface area contributed by atoms with Gasteiger partial charge in [-0.25, -0.2) is 0 Å². The van der Waals surface area contributed by atoms with Gasteiger partial charge in [0.15, 0.2) is 0 Å². The van der Waals surface area contributed by atoms with Gasteiger partial charge in [-0.15, -0.1) is 0 Å². The summed E-state index contributed by atoms with van der Waals surface area (Å²) in [6.45, 7) is 4.13. The summed E-state index contributed by atoms with van der Waals surface area (Å²) in [5, 5.41) is 5.74. The lowest BCUT2D eigenvalue weighted by Gasteiger charge is -2.14. The predicted octanol–water partition coefficient (Wildman–Crippen LogP) is 6.22. The van der Waals surface area contributed by atoms with Crippen LogP contribution in [0.5, 0.6) is 0 Å². The van der Waals surface area contributed by atoms with E-state index in [-0.39, 0.29) is 6.04 Å². The largest absolute Gasteiger partial charge is 0.459 e. The molecule has 3 aromatic rings. The predicted molar refractivity (Wildman–Crippen MR) is 89.5 cm³/mol. The van der Waals surface area contributed by atoms with E-state index in [1.807, 2.05) is 30.3 Å². The summed E-state index contributed by atoms with van der Waals surface area (Å²) in [4.78, 5) is 0. The molecule has 0 aliphatic carbocycles. The smallest absolute Gasteiger partial charge is 0.134 e. The molecule has 0 bridgehead atoms. The average Bonchev–Trinajstić information content (AvgIpc) is 2.76. The minimum atomic E-state index is 0.0203. The van der Waals surface area contributed by atoms with Gasteiger partial charge in [0.1, 0.15) is 11.3 Å². The highest BCUT2D eigenvalue weighted by molar-refractivity contribution is 6.35. The van der Waals surface area contributed by atoms with Gasteiger partial charge >= 0.3 is 0 Å². The number of para-hydroxylation sites is 1. The molecule has 1 heterocycles. The molecule has 0 aliphatic rings.